The van der Waals surface area contributed by atoms with Gasteiger partial charge in [0.25, 0.3) is 0 Å². The van der Waals surface area contributed by atoms with Gasteiger partial charge in [0.05, 0.1) is 11.6 Å². The van der Waals surface area contributed by atoms with E-state index in [2.05, 4.69) is 0 Å². The van der Waals surface area contributed by atoms with Crippen molar-refractivity contribution in [3.63, 3.8) is 0 Å². The second kappa shape index (κ2) is 6.50. The van der Waals surface area contributed by atoms with Crippen LogP contribution in [0.1, 0.15) is 22.8 Å². The predicted molar refractivity (Wildman–Crippen MR) is 72.4 cm³/mol. The summed E-state index contributed by atoms with van der Waals surface area (Å²) in [6.07, 6.45) is -1.30. The highest BCUT2D eigenvalue weighted by atomic mass is 16.5. The molecule has 0 aliphatic rings. The first kappa shape index (κ1) is 13.8. The van der Waals surface area contributed by atoms with E-state index in [1.807, 2.05) is 6.07 Å². The Morgan fingerprint density at radius 1 is 1.20 bits per heavy atom. The first-order chi connectivity index (χ1) is 9.70. The van der Waals surface area contributed by atoms with Crippen molar-refractivity contribution >= 4 is 5.97 Å². The summed E-state index contributed by atoms with van der Waals surface area (Å²) in [4.78, 5) is 11.7. The maximum absolute atomic E-state index is 11.7. The quantitative estimate of drug-likeness (QED) is 0.863. The van der Waals surface area contributed by atoms with Crippen molar-refractivity contribution in [1.29, 1.82) is 5.26 Å². The SMILES string of the molecule is N#Cc1cccc(COC(=O)[C@H](O)c2ccccc2)c1. The molecule has 1 atom stereocenters. The molecule has 4 heteroatoms. The molecule has 20 heavy (non-hydrogen) atoms. The number of benzene rings is 2. The van der Waals surface area contributed by atoms with E-state index in [-0.39, 0.29) is 6.61 Å². The van der Waals surface area contributed by atoms with Gasteiger partial charge < -0.3 is 9.84 Å². The monoisotopic (exact) mass is 267 g/mol. The lowest BCUT2D eigenvalue weighted by molar-refractivity contribution is -0.155. The minimum absolute atomic E-state index is 0.0260. The summed E-state index contributed by atoms with van der Waals surface area (Å²) in [6, 6.07) is 17.4. The number of nitriles is 1. The van der Waals surface area contributed by atoms with Crippen LogP contribution >= 0.6 is 0 Å². The topological polar surface area (TPSA) is 70.3 Å². The van der Waals surface area contributed by atoms with Crippen LogP contribution in [0.2, 0.25) is 0 Å². The smallest absolute Gasteiger partial charge is 0.339 e. The highest BCUT2D eigenvalue weighted by Crippen LogP contribution is 2.15. The third kappa shape index (κ3) is 3.44. The van der Waals surface area contributed by atoms with E-state index in [1.54, 1.807) is 54.6 Å². The Kier molecular flexibility index (Phi) is 4.48. The summed E-state index contributed by atoms with van der Waals surface area (Å²) < 4.78 is 5.05. The van der Waals surface area contributed by atoms with E-state index in [1.165, 1.54) is 0 Å². The molecule has 0 bridgehead atoms. The van der Waals surface area contributed by atoms with Gasteiger partial charge in [0.15, 0.2) is 6.10 Å². The van der Waals surface area contributed by atoms with Crippen LogP contribution in [0.3, 0.4) is 0 Å². The van der Waals surface area contributed by atoms with E-state index >= 15 is 0 Å². The van der Waals surface area contributed by atoms with Crippen molar-refractivity contribution in [3.05, 3.63) is 71.3 Å². The lowest BCUT2D eigenvalue weighted by atomic mass is 10.1. The zero-order valence-corrected chi connectivity index (χ0v) is 10.7. The standard InChI is InChI=1S/C16H13NO3/c17-10-12-5-4-6-13(9-12)11-20-16(19)15(18)14-7-2-1-3-8-14/h1-9,15,18H,11H2/t15-/m1/s1. The molecule has 0 aliphatic heterocycles. The summed E-state index contributed by atoms with van der Waals surface area (Å²) in [7, 11) is 0. The van der Waals surface area contributed by atoms with Gasteiger partial charge in [-0.2, -0.15) is 5.26 Å². The third-order valence-corrected chi connectivity index (χ3v) is 2.78. The first-order valence-electron chi connectivity index (χ1n) is 6.09. The molecule has 0 fully saturated rings. The number of esters is 1. The fraction of sp³-hybridized carbons (Fsp3) is 0.125. The van der Waals surface area contributed by atoms with Crippen LogP contribution in [0.5, 0.6) is 0 Å². The minimum Gasteiger partial charge on any atom is -0.459 e. The Bertz CT molecular complexity index is 632. The van der Waals surface area contributed by atoms with Crippen molar-refractivity contribution in [3.8, 4) is 6.07 Å². The molecule has 0 aromatic heterocycles. The van der Waals surface area contributed by atoms with Gasteiger partial charge in [0, 0.05) is 0 Å². The van der Waals surface area contributed by atoms with Crippen molar-refractivity contribution in [2.24, 2.45) is 0 Å². The summed E-state index contributed by atoms with van der Waals surface area (Å²) in [5.74, 6) is -0.710. The van der Waals surface area contributed by atoms with Gasteiger partial charge in [-0.1, -0.05) is 42.5 Å². The molecule has 0 saturated heterocycles. The van der Waals surface area contributed by atoms with E-state index in [9.17, 15) is 9.90 Å². The van der Waals surface area contributed by atoms with Crippen LogP contribution < -0.4 is 0 Å². The highest BCUT2D eigenvalue weighted by Gasteiger charge is 2.18. The largest absolute Gasteiger partial charge is 0.459 e. The Hall–Kier alpha value is -2.64. The van der Waals surface area contributed by atoms with Gasteiger partial charge in [0.2, 0.25) is 0 Å². The maximum Gasteiger partial charge on any atom is 0.339 e. The average molecular weight is 267 g/mol. The fourth-order valence-electron chi connectivity index (χ4n) is 1.74. The lowest BCUT2D eigenvalue weighted by Gasteiger charge is -2.11. The number of aliphatic hydroxyl groups is 1. The van der Waals surface area contributed by atoms with E-state index < -0.39 is 12.1 Å². The van der Waals surface area contributed by atoms with Gasteiger partial charge in [-0.15, -0.1) is 0 Å². The summed E-state index contributed by atoms with van der Waals surface area (Å²) in [6.45, 7) is 0.0260. The molecule has 2 aromatic carbocycles. The van der Waals surface area contributed by atoms with Crippen molar-refractivity contribution in [2.75, 3.05) is 0 Å². The summed E-state index contributed by atoms with van der Waals surface area (Å²) >= 11 is 0. The van der Waals surface area contributed by atoms with Crippen molar-refractivity contribution in [1.82, 2.24) is 0 Å². The molecule has 0 unspecified atom stereocenters. The number of aliphatic hydroxyl groups excluding tert-OH is 1. The number of nitrogens with zero attached hydrogens (tertiary/aromatic N) is 1. The maximum atomic E-state index is 11.7. The molecule has 0 saturated carbocycles. The zero-order chi connectivity index (χ0) is 14.4. The van der Waals surface area contributed by atoms with Crippen LogP contribution in [0, 0.1) is 11.3 Å². The van der Waals surface area contributed by atoms with Crippen LogP contribution in [-0.2, 0) is 16.1 Å². The van der Waals surface area contributed by atoms with Crippen LogP contribution in [-0.4, -0.2) is 11.1 Å². The fourth-order valence-corrected chi connectivity index (χ4v) is 1.74. The molecular weight excluding hydrogens is 254 g/mol. The van der Waals surface area contributed by atoms with Crippen LogP contribution in [0.15, 0.2) is 54.6 Å². The van der Waals surface area contributed by atoms with Gasteiger partial charge in [0.1, 0.15) is 6.61 Å². The van der Waals surface area contributed by atoms with Crippen molar-refractivity contribution < 1.29 is 14.6 Å². The molecule has 0 heterocycles. The van der Waals surface area contributed by atoms with E-state index in [0.717, 1.165) is 0 Å². The lowest BCUT2D eigenvalue weighted by Crippen LogP contribution is -2.15. The van der Waals surface area contributed by atoms with Gasteiger partial charge in [-0.05, 0) is 23.3 Å². The molecule has 0 amide bonds. The highest BCUT2D eigenvalue weighted by molar-refractivity contribution is 5.76. The second-order valence-electron chi connectivity index (χ2n) is 4.23. The minimum atomic E-state index is -1.30. The molecule has 4 nitrogen and oxygen atoms in total. The van der Waals surface area contributed by atoms with Crippen LogP contribution in [0.4, 0.5) is 0 Å². The molecular formula is C16H13NO3. The molecule has 2 aromatic rings. The Balaban J connectivity index is 1.97. The Labute approximate surface area is 116 Å². The molecule has 100 valence electrons. The van der Waals surface area contributed by atoms with E-state index in [4.69, 9.17) is 10.00 Å². The first-order valence-corrected chi connectivity index (χ1v) is 6.09. The molecule has 2 rings (SSSR count). The molecule has 0 radical (unpaired) electrons. The van der Waals surface area contributed by atoms with Gasteiger partial charge >= 0.3 is 5.97 Å². The summed E-state index contributed by atoms with van der Waals surface area (Å²) in [5, 5.41) is 18.6. The van der Waals surface area contributed by atoms with Crippen molar-refractivity contribution in [2.45, 2.75) is 12.7 Å². The average Bonchev–Trinajstić information content (AvgIpc) is 2.53. The molecule has 0 spiro atoms. The second-order valence-corrected chi connectivity index (χ2v) is 4.23. The molecule has 1 N–H and O–H groups in total. The number of hydrogen-bond acceptors (Lipinski definition) is 4. The Morgan fingerprint density at radius 3 is 2.65 bits per heavy atom. The summed E-state index contributed by atoms with van der Waals surface area (Å²) in [5.41, 5.74) is 1.70. The number of hydrogen-bond donors (Lipinski definition) is 1. The third-order valence-electron chi connectivity index (χ3n) is 2.78. The van der Waals surface area contributed by atoms with Gasteiger partial charge in [-0.25, -0.2) is 4.79 Å². The number of ether oxygens (including phenoxy) is 1. The Morgan fingerprint density at radius 2 is 1.95 bits per heavy atom. The number of rotatable bonds is 4. The van der Waals surface area contributed by atoms with E-state index in [0.29, 0.717) is 16.7 Å². The predicted octanol–water partition coefficient (Wildman–Crippen LogP) is 2.34. The van der Waals surface area contributed by atoms with Crippen LogP contribution in [0.25, 0.3) is 0 Å². The molecule has 0 aliphatic carbocycles. The van der Waals surface area contributed by atoms with Gasteiger partial charge in [-0.3, -0.25) is 0 Å². The zero-order valence-electron chi connectivity index (χ0n) is 10.7. The normalized spacial score (nSPS) is 11.4. The number of carbonyl (C=O) groups excluding carboxylic acids is 1. The number of carbonyl (C=O) groups is 1.